The third-order valence-electron chi connectivity index (χ3n) is 3.62. The number of hydrogen-bond acceptors (Lipinski definition) is 3. The van der Waals surface area contributed by atoms with Gasteiger partial charge in [0.05, 0.1) is 0 Å². The van der Waals surface area contributed by atoms with E-state index in [-0.39, 0.29) is 6.29 Å². The first kappa shape index (κ1) is 25.8. The molecule has 0 N–H and O–H groups in total. The lowest BCUT2D eigenvalue weighted by molar-refractivity contribution is -0.107. The van der Waals surface area contributed by atoms with E-state index in [1.54, 1.807) is 14.2 Å². The van der Waals surface area contributed by atoms with Crippen molar-refractivity contribution in [2.45, 2.75) is 71.5 Å². The van der Waals surface area contributed by atoms with Gasteiger partial charge in [0.2, 0.25) is 0 Å². The minimum absolute atomic E-state index is 0.146. The molecule has 0 aromatic carbocycles. The molecule has 0 amide bonds. The third kappa shape index (κ3) is 20.5. The Morgan fingerprint density at radius 1 is 0.840 bits per heavy atom. The molecule has 0 aromatic rings. The number of hydrogen-bond donors (Lipinski definition) is 0. The Morgan fingerprint density at radius 2 is 1.28 bits per heavy atom. The zero-order valence-corrected chi connectivity index (χ0v) is 16.9. The second-order valence-electron chi connectivity index (χ2n) is 6.60. The van der Waals surface area contributed by atoms with Crippen molar-refractivity contribution >= 4 is 6.29 Å². The highest BCUT2D eigenvalue weighted by molar-refractivity contribution is 5.53. The number of carbonyl (C=O) groups is 1. The maximum atomic E-state index is 10.0. The van der Waals surface area contributed by atoms with Crippen LogP contribution in [0.2, 0.25) is 0 Å². The Balaban J connectivity index is 0. The summed E-state index contributed by atoms with van der Waals surface area (Å²) in [5.41, 5.74) is 4.64. The summed E-state index contributed by atoms with van der Waals surface area (Å²) >= 11 is 0. The van der Waals surface area contributed by atoms with Gasteiger partial charge in [-0.2, -0.15) is 0 Å². The van der Waals surface area contributed by atoms with Gasteiger partial charge in [-0.15, -0.1) is 13.2 Å². The van der Waals surface area contributed by atoms with E-state index in [9.17, 15) is 4.79 Å². The van der Waals surface area contributed by atoms with Crippen LogP contribution in [0.1, 0.15) is 65.2 Å². The fourth-order valence-electron chi connectivity index (χ4n) is 2.10. The van der Waals surface area contributed by atoms with Crippen LogP contribution in [0.5, 0.6) is 0 Å². The zero-order chi connectivity index (χ0) is 19.7. The Labute approximate surface area is 155 Å². The smallest absolute Gasteiger partial charge is 0.160 e. The van der Waals surface area contributed by atoms with Crippen molar-refractivity contribution in [3.8, 4) is 0 Å². The van der Waals surface area contributed by atoms with E-state index in [0.717, 1.165) is 56.8 Å². The maximum Gasteiger partial charge on any atom is 0.160 e. The van der Waals surface area contributed by atoms with Crippen LogP contribution in [-0.4, -0.2) is 26.8 Å². The van der Waals surface area contributed by atoms with Gasteiger partial charge in [0.15, 0.2) is 6.29 Å². The first-order valence-corrected chi connectivity index (χ1v) is 8.88. The van der Waals surface area contributed by atoms with Gasteiger partial charge in [-0.3, -0.25) is 0 Å². The molecule has 0 aliphatic heterocycles. The van der Waals surface area contributed by atoms with Gasteiger partial charge in [0.1, 0.15) is 6.29 Å². The Kier molecular flexibility index (Phi) is 17.9. The van der Waals surface area contributed by atoms with E-state index >= 15 is 0 Å². The summed E-state index contributed by atoms with van der Waals surface area (Å²) in [5.74, 6) is 0. The summed E-state index contributed by atoms with van der Waals surface area (Å²) in [6, 6.07) is 0. The molecule has 3 nitrogen and oxygen atoms in total. The van der Waals surface area contributed by atoms with Gasteiger partial charge >= 0.3 is 0 Å². The standard InChI is InChI=1S/C12H22O2.C10H16O/c1-10(2)7-6-8-11(3)9-12(13-4)14-5;1-9(2)5-4-6-10(3)7-8-11/h12H,1,3,6-9H2,2,4-5H3;8H,1,3-7H2,2H3. The van der Waals surface area contributed by atoms with Crippen LogP contribution in [0, 0.1) is 0 Å². The van der Waals surface area contributed by atoms with E-state index in [2.05, 4.69) is 33.2 Å². The van der Waals surface area contributed by atoms with Crippen molar-refractivity contribution in [1.82, 2.24) is 0 Å². The fraction of sp³-hybridized carbons (Fsp3) is 0.591. The normalized spacial score (nSPS) is 9.96. The number of rotatable bonds is 14. The minimum Gasteiger partial charge on any atom is -0.356 e. The summed E-state index contributed by atoms with van der Waals surface area (Å²) < 4.78 is 10.2. The van der Waals surface area contributed by atoms with E-state index < -0.39 is 0 Å². The molecule has 0 saturated heterocycles. The molecule has 25 heavy (non-hydrogen) atoms. The van der Waals surface area contributed by atoms with Crippen molar-refractivity contribution in [2.75, 3.05) is 14.2 Å². The second kappa shape index (κ2) is 17.4. The van der Waals surface area contributed by atoms with E-state index in [0.29, 0.717) is 6.42 Å². The van der Waals surface area contributed by atoms with Crippen LogP contribution < -0.4 is 0 Å². The van der Waals surface area contributed by atoms with Crippen molar-refractivity contribution in [1.29, 1.82) is 0 Å². The summed E-state index contributed by atoms with van der Waals surface area (Å²) in [4.78, 5) is 10.0. The molecule has 0 saturated carbocycles. The lowest BCUT2D eigenvalue weighted by atomic mass is 10.0. The summed E-state index contributed by atoms with van der Waals surface area (Å²) in [6.45, 7) is 19.5. The van der Waals surface area contributed by atoms with Crippen LogP contribution in [0.25, 0.3) is 0 Å². The van der Waals surface area contributed by atoms with Crippen LogP contribution in [-0.2, 0) is 14.3 Å². The Hall–Kier alpha value is -1.45. The van der Waals surface area contributed by atoms with Crippen molar-refractivity contribution in [3.05, 3.63) is 48.6 Å². The SMILES string of the molecule is C=C(C)CCCC(=C)CC(OC)OC.C=C(C)CCCC(=C)CC=O. The predicted octanol–water partition coefficient (Wildman–Crippen LogP) is 6.18. The summed E-state index contributed by atoms with van der Waals surface area (Å²) in [5, 5.41) is 0. The lowest BCUT2D eigenvalue weighted by Crippen LogP contribution is -2.13. The largest absolute Gasteiger partial charge is 0.356 e. The van der Waals surface area contributed by atoms with Crippen LogP contribution in [0.3, 0.4) is 0 Å². The second-order valence-corrected chi connectivity index (χ2v) is 6.60. The highest BCUT2D eigenvalue weighted by Crippen LogP contribution is 2.15. The van der Waals surface area contributed by atoms with Gasteiger partial charge in [-0.05, 0) is 52.4 Å². The predicted molar refractivity (Wildman–Crippen MR) is 109 cm³/mol. The maximum absolute atomic E-state index is 10.0. The number of methoxy groups -OCH3 is 2. The number of carbonyl (C=O) groups excluding carboxylic acids is 1. The Bertz CT molecular complexity index is 417. The molecule has 0 radical (unpaired) electrons. The molecule has 0 spiro atoms. The average molecular weight is 351 g/mol. The van der Waals surface area contributed by atoms with E-state index in [1.165, 1.54) is 16.7 Å². The van der Waals surface area contributed by atoms with E-state index in [4.69, 9.17) is 9.47 Å². The van der Waals surface area contributed by atoms with Crippen LogP contribution >= 0.6 is 0 Å². The molecule has 0 aliphatic carbocycles. The zero-order valence-electron chi connectivity index (χ0n) is 16.9. The van der Waals surface area contributed by atoms with Gasteiger partial charge in [-0.25, -0.2) is 0 Å². The minimum atomic E-state index is -0.146. The van der Waals surface area contributed by atoms with E-state index in [1.807, 2.05) is 6.92 Å². The average Bonchev–Trinajstić information content (AvgIpc) is 2.52. The fourth-order valence-corrected chi connectivity index (χ4v) is 2.10. The lowest BCUT2D eigenvalue weighted by Gasteiger charge is -2.14. The Morgan fingerprint density at radius 3 is 1.64 bits per heavy atom. The molecule has 0 bridgehead atoms. The molecule has 0 heterocycles. The molecule has 3 heteroatoms. The molecule has 0 aromatic heterocycles. The molecule has 0 unspecified atom stereocenters. The van der Waals surface area contributed by atoms with Gasteiger partial charge in [0, 0.05) is 27.1 Å². The number of ether oxygens (including phenoxy) is 2. The first-order chi connectivity index (χ1) is 11.8. The molecule has 0 aliphatic rings. The number of allylic oxidation sites excluding steroid dienone is 3. The summed E-state index contributed by atoms with van der Waals surface area (Å²) in [7, 11) is 3.30. The number of aldehydes is 1. The van der Waals surface area contributed by atoms with Gasteiger partial charge in [-0.1, -0.05) is 35.5 Å². The highest BCUT2D eigenvalue weighted by Gasteiger charge is 2.06. The topological polar surface area (TPSA) is 35.5 Å². The van der Waals surface area contributed by atoms with Crippen LogP contribution in [0.15, 0.2) is 48.6 Å². The molecule has 0 rings (SSSR count). The highest BCUT2D eigenvalue weighted by atomic mass is 16.7. The van der Waals surface area contributed by atoms with Gasteiger partial charge < -0.3 is 14.3 Å². The van der Waals surface area contributed by atoms with Crippen molar-refractivity contribution in [2.24, 2.45) is 0 Å². The molecular weight excluding hydrogens is 312 g/mol. The monoisotopic (exact) mass is 350 g/mol. The molecule has 0 fully saturated rings. The summed E-state index contributed by atoms with van der Waals surface area (Å²) in [6.07, 6.45) is 8.33. The first-order valence-electron chi connectivity index (χ1n) is 8.88. The molecule has 144 valence electrons. The van der Waals surface area contributed by atoms with Crippen molar-refractivity contribution in [3.63, 3.8) is 0 Å². The third-order valence-corrected chi connectivity index (χ3v) is 3.62. The quantitative estimate of drug-likeness (QED) is 0.213. The molecular formula is C22H38O3. The molecule has 0 atom stereocenters. The van der Waals surface area contributed by atoms with Crippen molar-refractivity contribution < 1.29 is 14.3 Å². The van der Waals surface area contributed by atoms with Gasteiger partial charge in [0.25, 0.3) is 0 Å². The van der Waals surface area contributed by atoms with Crippen LogP contribution in [0.4, 0.5) is 0 Å².